The molecule has 7 aromatic carbocycles. The fourth-order valence-corrected chi connectivity index (χ4v) is 8.04. The monoisotopic (exact) mass is 722 g/mol. The van der Waals surface area contributed by atoms with Crippen molar-refractivity contribution in [1.29, 1.82) is 0 Å². The molecule has 3 aromatic heterocycles. The van der Waals surface area contributed by atoms with Crippen LogP contribution in [0.15, 0.2) is 182 Å². The SMILES string of the molecule is c1ccc(-c2ccc(-c3nc(-c4ccccc4)nc(-c4cccc5sc6cc(-c7nc(-c8ccccc8)nc(-c8ccccc8)n7)ccc6c45)n3)cc2)cc1. The van der Waals surface area contributed by atoms with Crippen molar-refractivity contribution in [3.05, 3.63) is 182 Å². The third kappa shape index (κ3) is 6.33. The summed E-state index contributed by atoms with van der Waals surface area (Å²) in [6, 6.07) is 61.8. The molecule has 3 heterocycles. The van der Waals surface area contributed by atoms with Crippen LogP contribution in [0.2, 0.25) is 0 Å². The lowest BCUT2D eigenvalue weighted by atomic mass is 10.0. The van der Waals surface area contributed by atoms with E-state index in [0.29, 0.717) is 34.9 Å². The molecule has 0 saturated carbocycles. The predicted octanol–water partition coefficient (Wildman–Crippen LogP) is 12.1. The molecule has 0 amide bonds. The van der Waals surface area contributed by atoms with E-state index in [1.165, 1.54) is 5.56 Å². The maximum absolute atomic E-state index is 5.14. The van der Waals surface area contributed by atoms with E-state index in [0.717, 1.165) is 59.1 Å². The molecule has 0 aliphatic carbocycles. The van der Waals surface area contributed by atoms with Crippen LogP contribution in [0.3, 0.4) is 0 Å². The molecule has 55 heavy (non-hydrogen) atoms. The van der Waals surface area contributed by atoms with E-state index in [-0.39, 0.29) is 0 Å². The zero-order valence-electron chi connectivity index (χ0n) is 29.4. The smallest absolute Gasteiger partial charge is 0.164 e. The van der Waals surface area contributed by atoms with Crippen molar-refractivity contribution in [2.45, 2.75) is 0 Å². The zero-order valence-corrected chi connectivity index (χ0v) is 30.2. The maximum atomic E-state index is 5.14. The van der Waals surface area contributed by atoms with Crippen molar-refractivity contribution in [1.82, 2.24) is 29.9 Å². The van der Waals surface area contributed by atoms with Crippen molar-refractivity contribution in [2.75, 3.05) is 0 Å². The average molecular weight is 723 g/mol. The number of fused-ring (bicyclic) bond motifs is 3. The predicted molar refractivity (Wildman–Crippen MR) is 224 cm³/mol. The summed E-state index contributed by atoms with van der Waals surface area (Å²) in [5, 5.41) is 2.23. The number of rotatable bonds is 7. The largest absolute Gasteiger partial charge is 0.208 e. The lowest BCUT2D eigenvalue weighted by molar-refractivity contribution is 1.07. The average Bonchev–Trinajstić information content (AvgIpc) is 3.66. The first-order valence-electron chi connectivity index (χ1n) is 18.0. The van der Waals surface area contributed by atoms with Crippen LogP contribution in [0.4, 0.5) is 0 Å². The quantitative estimate of drug-likeness (QED) is 0.163. The van der Waals surface area contributed by atoms with Gasteiger partial charge in [-0.05, 0) is 23.3 Å². The topological polar surface area (TPSA) is 77.3 Å². The van der Waals surface area contributed by atoms with E-state index >= 15 is 0 Å². The highest BCUT2D eigenvalue weighted by atomic mass is 32.1. The minimum Gasteiger partial charge on any atom is -0.208 e. The molecule has 0 unspecified atom stereocenters. The van der Waals surface area contributed by atoms with Crippen LogP contribution in [-0.2, 0) is 0 Å². The molecule has 10 rings (SSSR count). The van der Waals surface area contributed by atoms with Crippen molar-refractivity contribution < 1.29 is 0 Å². The van der Waals surface area contributed by atoms with E-state index in [4.69, 9.17) is 29.9 Å². The molecule has 0 saturated heterocycles. The molecule has 7 heteroatoms. The van der Waals surface area contributed by atoms with Crippen LogP contribution in [-0.4, -0.2) is 29.9 Å². The fourth-order valence-electron chi connectivity index (χ4n) is 6.87. The van der Waals surface area contributed by atoms with Gasteiger partial charge in [-0.2, -0.15) is 0 Å². The van der Waals surface area contributed by atoms with Gasteiger partial charge >= 0.3 is 0 Å². The van der Waals surface area contributed by atoms with E-state index in [1.54, 1.807) is 11.3 Å². The van der Waals surface area contributed by atoms with Gasteiger partial charge < -0.3 is 0 Å². The van der Waals surface area contributed by atoms with Crippen LogP contribution in [0.5, 0.6) is 0 Å². The Bertz CT molecular complexity index is 2890. The van der Waals surface area contributed by atoms with Crippen molar-refractivity contribution in [3.8, 4) is 79.5 Å². The van der Waals surface area contributed by atoms with E-state index in [9.17, 15) is 0 Å². The van der Waals surface area contributed by atoms with Gasteiger partial charge in [0.25, 0.3) is 0 Å². The first-order chi connectivity index (χ1) is 27.2. The Morgan fingerprint density at radius 3 is 1.16 bits per heavy atom. The summed E-state index contributed by atoms with van der Waals surface area (Å²) in [6.45, 7) is 0. The third-order valence-electron chi connectivity index (χ3n) is 9.61. The van der Waals surface area contributed by atoms with Gasteiger partial charge in [0.15, 0.2) is 34.9 Å². The number of hydrogen-bond donors (Lipinski definition) is 0. The standard InChI is InChI=1S/C48H30N6S/c1-5-14-31(15-6-1)32-24-26-36(27-25-32)46-50-45(35-20-11-4-12-21-35)53-48(54-46)39-22-13-23-40-42(39)38-29-28-37(30-41(38)55-40)47-51-43(33-16-7-2-8-17-33)49-44(52-47)34-18-9-3-10-19-34/h1-30H. The fraction of sp³-hybridized carbons (Fsp3) is 0. The summed E-state index contributed by atoms with van der Waals surface area (Å²) >= 11 is 1.74. The van der Waals surface area contributed by atoms with E-state index in [1.807, 2.05) is 97.1 Å². The molecule has 0 fully saturated rings. The first-order valence-corrected chi connectivity index (χ1v) is 18.9. The Morgan fingerprint density at radius 1 is 0.273 bits per heavy atom. The Hall–Kier alpha value is -7.22. The molecule has 0 aliphatic rings. The second kappa shape index (κ2) is 14.0. The minimum atomic E-state index is 0.625. The number of thiophene rings is 1. The number of benzene rings is 7. The maximum Gasteiger partial charge on any atom is 0.164 e. The number of nitrogens with zero attached hydrogens (tertiary/aromatic N) is 6. The Balaban J connectivity index is 1.10. The van der Waals surface area contributed by atoms with Crippen LogP contribution >= 0.6 is 11.3 Å². The normalized spacial score (nSPS) is 11.3. The molecule has 0 spiro atoms. The molecule has 0 N–H and O–H groups in total. The first kappa shape index (κ1) is 32.4. The summed E-state index contributed by atoms with van der Waals surface area (Å²) in [6.07, 6.45) is 0. The van der Waals surface area contributed by atoms with Gasteiger partial charge in [0, 0.05) is 53.6 Å². The van der Waals surface area contributed by atoms with Crippen molar-refractivity contribution >= 4 is 31.5 Å². The summed E-state index contributed by atoms with van der Waals surface area (Å²) < 4.78 is 2.27. The summed E-state index contributed by atoms with van der Waals surface area (Å²) in [5.74, 6) is 3.78. The second-order valence-corrected chi connectivity index (χ2v) is 14.2. The highest BCUT2D eigenvalue weighted by molar-refractivity contribution is 7.26. The molecular weight excluding hydrogens is 693 g/mol. The van der Waals surface area contributed by atoms with E-state index < -0.39 is 0 Å². The zero-order chi connectivity index (χ0) is 36.6. The lowest BCUT2D eigenvalue weighted by Gasteiger charge is -2.10. The molecule has 0 bridgehead atoms. The number of hydrogen-bond acceptors (Lipinski definition) is 7. The Kier molecular flexibility index (Phi) is 8.24. The second-order valence-electron chi connectivity index (χ2n) is 13.1. The van der Waals surface area contributed by atoms with Crippen LogP contribution < -0.4 is 0 Å². The van der Waals surface area contributed by atoms with Gasteiger partial charge in [-0.25, -0.2) is 29.9 Å². The highest BCUT2D eigenvalue weighted by Gasteiger charge is 2.19. The van der Waals surface area contributed by atoms with Crippen molar-refractivity contribution in [2.24, 2.45) is 0 Å². The molecule has 0 radical (unpaired) electrons. The van der Waals surface area contributed by atoms with Gasteiger partial charge in [0.05, 0.1) is 0 Å². The molecule has 0 atom stereocenters. The van der Waals surface area contributed by atoms with Crippen molar-refractivity contribution in [3.63, 3.8) is 0 Å². The van der Waals surface area contributed by atoms with Gasteiger partial charge in [-0.15, -0.1) is 11.3 Å². The molecule has 0 aliphatic heterocycles. The summed E-state index contributed by atoms with van der Waals surface area (Å²) in [7, 11) is 0. The van der Waals surface area contributed by atoms with Gasteiger partial charge in [0.1, 0.15) is 0 Å². The van der Waals surface area contributed by atoms with Crippen LogP contribution in [0, 0.1) is 0 Å². The minimum absolute atomic E-state index is 0.625. The molecule has 6 nitrogen and oxygen atoms in total. The third-order valence-corrected chi connectivity index (χ3v) is 10.7. The Morgan fingerprint density at radius 2 is 0.655 bits per heavy atom. The Labute approximate surface area is 321 Å². The summed E-state index contributed by atoms with van der Waals surface area (Å²) in [5.41, 5.74) is 7.92. The van der Waals surface area contributed by atoms with E-state index in [2.05, 4.69) is 84.9 Å². The molecule has 10 aromatic rings. The lowest BCUT2D eigenvalue weighted by Crippen LogP contribution is -2.00. The van der Waals surface area contributed by atoms with Gasteiger partial charge in [-0.3, -0.25) is 0 Å². The van der Waals surface area contributed by atoms with Gasteiger partial charge in [-0.1, -0.05) is 170 Å². The van der Waals surface area contributed by atoms with Gasteiger partial charge in [0.2, 0.25) is 0 Å². The molecule has 258 valence electrons. The van der Waals surface area contributed by atoms with Crippen LogP contribution in [0.1, 0.15) is 0 Å². The van der Waals surface area contributed by atoms with Crippen LogP contribution in [0.25, 0.3) is 99.6 Å². The summed E-state index contributed by atoms with van der Waals surface area (Å²) in [4.78, 5) is 30.1. The highest BCUT2D eigenvalue weighted by Crippen LogP contribution is 2.41. The molecular formula is C48H30N6S. The number of aromatic nitrogens is 6.